The first kappa shape index (κ1) is 31.3. The number of carbonyl (C=O) groups is 2. The van der Waals surface area contributed by atoms with Crippen LogP contribution in [0.15, 0.2) is 77.7 Å². The molecule has 0 saturated carbocycles. The van der Waals surface area contributed by atoms with E-state index < -0.39 is 28.5 Å². The zero-order chi connectivity index (χ0) is 29.4. The number of nitrogens with zero attached hydrogens (tertiary/aromatic N) is 2. The maximum absolute atomic E-state index is 13.9. The summed E-state index contributed by atoms with van der Waals surface area (Å²) in [6.45, 7) is 4.96. The van der Waals surface area contributed by atoms with E-state index in [-0.39, 0.29) is 29.1 Å². The molecule has 0 heterocycles. The minimum absolute atomic E-state index is 0.0251. The molecule has 3 aromatic rings. The normalized spacial score (nSPS) is 12.8. The van der Waals surface area contributed by atoms with Crippen LogP contribution in [-0.4, -0.2) is 50.9 Å². The number of anilines is 1. The summed E-state index contributed by atoms with van der Waals surface area (Å²) in [6.07, 6.45) is 0.716. The first-order chi connectivity index (χ1) is 19.0. The Morgan fingerprint density at radius 2 is 1.45 bits per heavy atom. The second kappa shape index (κ2) is 13.9. The topological polar surface area (TPSA) is 96.0 Å². The average Bonchev–Trinajstić information content (AvgIpc) is 2.95. The van der Waals surface area contributed by atoms with Crippen molar-refractivity contribution in [3.8, 4) is 5.75 Å². The maximum Gasteiger partial charge on any atom is 0.264 e. The molecule has 0 spiro atoms. The van der Waals surface area contributed by atoms with Crippen LogP contribution in [0.2, 0.25) is 10.0 Å². The van der Waals surface area contributed by atoms with Gasteiger partial charge in [-0.05, 0) is 86.5 Å². The largest absolute Gasteiger partial charge is 0.497 e. The molecule has 1 N–H and O–H groups in total. The molecule has 40 heavy (non-hydrogen) atoms. The lowest BCUT2D eigenvalue weighted by molar-refractivity contribution is -0.139. The third-order valence-electron chi connectivity index (χ3n) is 6.48. The van der Waals surface area contributed by atoms with Gasteiger partial charge in [-0.25, -0.2) is 8.42 Å². The predicted octanol–water partition coefficient (Wildman–Crippen LogP) is 5.53. The third-order valence-corrected chi connectivity index (χ3v) is 8.77. The maximum atomic E-state index is 13.9. The van der Waals surface area contributed by atoms with Crippen molar-refractivity contribution in [2.45, 2.75) is 50.7 Å². The summed E-state index contributed by atoms with van der Waals surface area (Å²) in [6, 6.07) is 18.0. The van der Waals surface area contributed by atoms with Crippen molar-refractivity contribution in [1.29, 1.82) is 0 Å². The van der Waals surface area contributed by atoms with Gasteiger partial charge in [-0.3, -0.25) is 13.9 Å². The van der Waals surface area contributed by atoms with Crippen LogP contribution in [0, 0.1) is 0 Å². The van der Waals surface area contributed by atoms with Crippen LogP contribution >= 0.6 is 23.2 Å². The molecule has 0 aliphatic rings. The van der Waals surface area contributed by atoms with E-state index in [1.807, 2.05) is 13.8 Å². The van der Waals surface area contributed by atoms with E-state index in [4.69, 9.17) is 27.9 Å². The molecule has 0 aromatic heterocycles. The van der Waals surface area contributed by atoms with Crippen molar-refractivity contribution >= 4 is 50.7 Å². The van der Waals surface area contributed by atoms with Crippen LogP contribution in [0.25, 0.3) is 0 Å². The third kappa shape index (κ3) is 7.90. The fraction of sp³-hybridized carbons (Fsp3) is 0.310. The molecule has 0 fully saturated rings. The number of amides is 2. The van der Waals surface area contributed by atoms with E-state index in [1.165, 1.54) is 48.4 Å². The van der Waals surface area contributed by atoms with Gasteiger partial charge in [0.2, 0.25) is 11.8 Å². The minimum atomic E-state index is -4.20. The molecule has 0 saturated heterocycles. The predicted molar refractivity (Wildman–Crippen MR) is 158 cm³/mol. The van der Waals surface area contributed by atoms with E-state index >= 15 is 0 Å². The van der Waals surface area contributed by atoms with Gasteiger partial charge in [-0.2, -0.15) is 0 Å². The zero-order valence-corrected chi connectivity index (χ0v) is 25.1. The summed E-state index contributed by atoms with van der Waals surface area (Å²) in [5, 5.41) is 3.85. The number of hydrogen-bond donors (Lipinski definition) is 1. The Hall–Kier alpha value is -3.27. The van der Waals surface area contributed by atoms with E-state index in [9.17, 15) is 18.0 Å². The lowest BCUT2D eigenvalue weighted by Crippen LogP contribution is -2.52. The average molecular weight is 607 g/mol. The van der Waals surface area contributed by atoms with Gasteiger partial charge in [0, 0.05) is 22.6 Å². The summed E-state index contributed by atoms with van der Waals surface area (Å²) in [7, 11) is -2.72. The van der Waals surface area contributed by atoms with Gasteiger partial charge in [0.25, 0.3) is 10.0 Å². The van der Waals surface area contributed by atoms with Crippen molar-refractivity contribution < 1.29 is 22.7 Å². The van der Waals surface area contributed by atoms with E-state index in [0.29, 0.717) is 22.2 Å². The molecule has 11 heteroatoms. The fourth-order valence-electron chi connectivity index (χ4n) is 3.85. The number of ether oxygens (including phenoxy) is 1. The highest BCUT2D eigenvalue weighted by atomic mass is 35.5. The Kier molecular flexibility index (Phi) is 10.8. The molecule has 8 nitrogen and oxygen atoms in total. The smallest absolute Gasteiger partial charge is 0.264 e. The zero-order valence-electron chi connectivity index (χ0n) is 22.8. The number of rotatable bonds is 12. The molecule has 214 valence electrons. The van der Waals surface area contributed by atoms with Crippen LogP contribution in [0.3, 0.4) is 0 Å². The van der Waals surface area contributed by atoms with Crippen molar-refractivity contribution in [3.63, 3.8) is 0 Å². The van der Waals surface area contributed by atoms with Crippen LogP contribution in [-0.2, 0) is 26.2 Å². The highest BCUT2D eigenvalue weighted by Gasteiger charge is 2.32. The summed E-state index contributed by atoms with van der Waals surface area (Å²) in [5.41, 5.74) is 0.980. The van der Waals surface area contributed by atoms with E-state index in [2.05, 4.69) is 5.32 Å². The summed E-state index contributed by atoms with van der Waals surface area (Å²) in [5.74, 6) is -0.412. The Bertz CT molecular complexity index is 1400. The van der Waals surface area contributed by atoms with Crippen molar-refractivity contribution in [1.82, 2.24) is 10.2 Å². The molecule has 0 unspecified atom stereocenters. The van der Waals surface area contributed by atoms with Gasteiger partial charge in [0.1, 0.15) is 18.3 Å². The van der Waals surface area contributed by atoms with Crippen LogP contribution in [0.4, 0.5) is 5.69 Å². The molecule has 3 aromatic carbocycles. The molecule has 0 radical (unpaired) electrons. The van der Waals surface area contributed by atoms with E-state index in [1.54, 1.807) is 43.3 Å². The van der Waals surface area contributed by atoms with Crippen molar-refractivity contribution in [2.24, 2.45) is 0 Å². The van der Waals surface area contributed by atoms with Gasteiger partial charge >= 0.3 is 0 Å². The van der Waals surface area contributed by atoms with E-state index in [0.717, 1.165) is 9.87 Å². The van der Waals surface area contributed by atoms with Crippen molar-refractivity contribution in [2.75, 3.05) is 18.0 Å². The Morgan fingerprint density at radius 1 is 0.900 bits per heavy atom. The highest BCUT2D eigenvalue weighted by molar-refractivity contribution is 7.92. The van der Waals surface area contributed by atoms with Gasteiger partial charge < -0.3 is 15.0 Å². The van der Waals surface area contributed by atoms with Crippen molar-refractivity contribution in [3.05, 3.63) is 88.4 Å². The summed E-state index contributed by atoms with van der Waals surface area (Å²) >= 11 is 12.1. The van der Waals surface area contributed by atoms with Crippen LogP contribution < -0.4 is 14.4 Å². The number of halogens is 2. The first-order valence-corrected chi connectivity index (χ1v) is 14.9. The lowest BCUT2D eigenvalue weighted by Gasteiger charge is -2.32. The number of methoxy groups -OCH3 is 1. The van der Waals surface area contributed by atoms with Gasteiger partial charge in [0.05, 0.1) is 17.7 Å². The number of carbonyl (C=O) groups excluding carboxylic acids is 2. The number of benzene rings is 3. The fourth-order valence-corrected chi connectivity index (χ4v) is 5.51. The SMILES string of the molecule is CC[C@H](C)NC(=O)[C@@H](C)N(Cc1ccc(Cl)cc1)C(=O)CN(c1ccc(Cl)cc1)S(=O)(=O)c1ccc(OC)cc1. The summed E-state index contributed by atoms with van der Waals surface area (Å²) < 4.78 is 33.9. The summed E-state index contributed by atoms with van der Waals surface area (Å²) in [4.78, 5) is 28.3. The second-order valence-corrected chi connectivity index (χ2v) is 12.0. The molecule has 0 bridgehead atoms. The molecule has 0 aliphatic carbocycles. The van der Waals surface area contributed by atoms with Crippen LogP contribution in [0.1, 0.15) is 32.8 Å². The lowest BCUT2D eigenvalue weighted by atomic mass is 10.1. The monoisotopic (exact) mass is 605 g/mol. The Labute approximate surface area is 245 Å². The number of sulfonamides is 1. The molecule has 2 atom stereocenters. The molecule has 3 rings (SSSR count). The molecule has 2 amide bonds. The standard InChI is InChI=1S/C29H33Cl2N3O5S/c1-5-20(2)32-29(36)21(3)33(18-22-6-8-23(30)9-7-22)28(35)19-34(25-12-10-24(31)11-13-25)40(37,38)27-16-14-26(39-4)15-17-27/h6-17,20-21H,5,18-19H2,1-4H3,(H,32,36)/t20-,21+/m0/s1. The number of hydrogen-bond acceptors (Lipinski definition) is 5. The van der Waals surface area contributed by atoms with Gasteiger partial charge in [-0.1, -0.05) is 42.3 Å². The Morgan fingerprint density at radius 3 is 1.98 bits per heavy atom. The quantitative estimate of drug-likeness (QED) is 0.293. The molecular formula is C29H33Cl2N3O5S. The Balaban J connectivity index is 2.01. The minimum Gasteiger partial charge on any atom is -0.497 e. The highest BCUT2D eigenvalue weighted by Crippen LogP contribution is 2.27. The first-order valence-electron chi connectivity index (χ1n) is 12.7. The second-order valence-electron chi connectivity index (χ2n) is 9.31. The van der Waals surface area contributed by atoms with Crippen LogP contribution in [0.5, 0.6) is 5.75 Å². The number of nitrogens with one attached hydrogen (secondary N) is 1. The molecule has 0 aliphatic heterocycles. The van der Waals surface area contributed by atoms with Gasteiger partial charge in [-0.15, -0.1) is 0 Å². The molecular weight excluding hydrogens is 573 g/mol. The van der Waals surface area contributed by atoms with Gasteiger partial charge in [0.15, 0.2) is 0 Å².